The van der Waals surface area contributed by atoms with Gasteiger partial charge in [0.2, 0.25) is 0 Å². The van der Waals surface area contributed by atoms with E-state index in [0.29, 0.717) is 11.6 Å². The molecule has 130 valence electrons. The Morgan fingerprint density at radius 2 is 1.92 bits per heavy atom. The van der Waals surface area contributed by atoms with Crippen LogP contribution in [-0.2, 0) is 6.42 Å². The van der Waals surface area contributed by atoms with Crippen LogP contribution in [0.3, 0.4) is 0 Å². The Hall–Kier alpha value is -2.36. The molecule has 0 spiro atoms. The summed E-state index contributed by atoms with van der Waals surface area (Å²) in [4.78, 5) is 21.9. The fourth-order valence-corrected chi connectivity index (χ4v) is 4.16. The third-order valence-corrected chi connectivity index (χ3v) is 5.60. The first-order valence-corrected chi connectivity index (χ1v) is 9.33. The van der Waals surface area contributed by atoms with Gasteiger partial charge in [0.15, 0.2) is 0 Å². The quantitative estimate of drug-likeness (QED) is 0.844. The molecule has 0 N–H and O–H groups in total. The standard InChI is InChI=1S/C21H25N3O/c1-23(17-9-3-2-4-10-17)21(25)18-11-7-14-22-20(18)24-15-13-16-8-5-6-12-19(16)24/h5-8,11-12,14,17H,2-4,9-10,13,15H2,1H3. The summed E-state index contributed by atoms with van der Waals surface area (Å²) in [5.41, 5.74) is 3.22. The van der Waals surface area contributed by atoms with E-state index < -0.39 is 0 Å². The van der Waals surface area contributed by atoms with Gasteiger partial charge in [0.25, 0.3) is 5.91 Å². The fraction of sp³-hybridized carbons (Fsp3) is 0.429. The Kier molecular flexibility index (Phi) is 4.43. The highest BCUT2D eigenvalue weighted by atomic mass is 16.2. The molecule has 0 atom stereocenters. The van der Waals surface area contributed by atoms with Gasteiger partial charge in [-0.2, -0.15) is 0 Å². The van der Waals surface area contributed by atoms with Gasteiger partial charge in [-0.15, -0.1) is 0 Å². The summed E-state index contributed by atoms with van der Waals surface area (Å²) >= 11 is 0. The van der Waals surface area contributed by atoms with Crippen LogP contribution in [0.15, 0.2) is 42.6 Å². The number of carbonyl (C=O) groups excluding carboxylic acids is 1. The van der Waals surface area contributed by atoms with Crippen LogP contribution in [0.1, 0.15) is 48.0 Å². The highest BCUT2D eigenvalue weighted by Gasteiger charge is 2.29. The highest BCUT2D eigenvalue weighted by Crippen LogP contribution is 2.35. The van der Waals surface area contributed by atoms with Crippen LogP contribution in [0.5, 0.6) is 0 Å². The zero-order valence-corrected chi connectivity index (χ0v) is 14.8. The molecule has 25 heavy (non-hydrogen) atoms. The number of hydrogen-bond acceptors (Lipinski definition) is 3. The SMILES string of the molecule is CN(C(=O)c1cccnc1N1CCc2ccccc21)C1CCCCC1. The highest BCUT2D eigenvalue weighted by molar-refractivity contribution is 6.00. The number of fused-ring (bicyclic) bond motifs is 1. The zero-order valence-electron chi connectivity index (χ0n) is 14.8. The molecule has 4 rings (SSSR count). The van der Waals surface area contributed by atoms with E-state index in [1.165, 1.54) is 30.5 Å². The van der Waals surface area contributed by atoms with Crippen molar-refractivity contribution in [3.63, 3.8) is 0 Å². The second kappa shape index (κ2) is 6.87. The fourth-order valence-electron chi connectivity index (χ4n) is 4.16. The van der Waals surface area contributed by atoms with Crippen LogP contribution in [0.25, 0.3) is 0 Å². The lowest BCUT2D eigenvalue weighted by atomic mass is 9.94. The first-order valence-electron chi connectivity index (χ1n) is 9.33. The largest absolute Gasteiger partial charge is 0.339 e. The Morgan fingerprint density at radius 3 is 2.76 bits per heavy atom. The van der Waals surface area contributed by atoms with Gasteiger partial charge in [-0.25, -0.2) is 4.98 Å². The second-order valence-corrected chi connectivity index (χ2v) is 7.11. The molecule has 1 saturated carbocycles. The van der Waals surface area contributed by atoms with Crippen molar-refractivity contribution < 1.29 is 4.79 Å². The molecule has 1 amide bonds. The minimum absolute atomic E-state index is 0.0966. The topological polar surface area (TPSA) is 36.4 Å². The Bertz CT molecular complexity index is 767. The van der Waals surface area contributed by atoms with Crippen LogP contribution in [-0.4, -0.2) is 35.4 Å². The van der Waals surface area contributed by atoms with Gasteiger partial charge in [-0.3, -0.25) is 4.79 Å². The number of rotatable bonds is 3. The van der Waals surface area contributed by atoms with Crippen molar-refractivity contribution in [2.24, 2.45) is 0 Å². The maximum Gasteiger partial charge on any atom is 0.257 e. The molecule has 1 aromatic heterocycles. The van der Waals surface area contributed by atoms with E-state index >= 15 is 0 Å². The minimum Gasteiger partial charge on any atom is -0.339 e. The summed E-state index contributed by atoms with van der Waals surface area (Å²) in [7, 11) is 1.95. The maximum atomic E-state index is 13.2. The summed E-state index contributed by atoms with van der Waals surface area (Å²) in [6, 6.07) is 12.6. The summed E-state index contributed by atoms with van der Waals surface area (Å²) in [6.07, 6.45) is 8.76. The molecule has 0 radical (unpaired) electrons. The van der Waals surface area contributed by atoms with E-state index in [2.05, 4.69) is 34.1 Å². The van der Waals surface area contributed by atoms with Crippen molar-refractivity contribution >= 4 is 17.4 Å². The van der Waals surface area contributed by atoms with E-state index in [9.17, 15) is 4.79 Å². The predicted octanol–water partition coefficient (Wildman–Crippen LogP) is 4.18. The van der Waals surface area contributed by atoms with Crippen molar-refractivity contribution in [2.75, 3.05) is 18.5 Å². The third-order valence-electron chi connectivity index (χ3n) is 5.60. The molecular weight excluding hydrogens is 310 g/mol. The summed E-state index contributed by atoms with van der Waals surface area (Å²) < 4.78 is 0. The maximum absolute atomic E-state index is 13.2. The Labute approximate surface area is 149 Å². The number of carbonyl (C=O) groups is 1. The van der Waals surface area contributed by atoms with Crippen molar-refractivity contribution in [3.8, 4) is 0 Å². The van der Waals surface area contributed by atoms with Crippen molar-refractivity contribution in [1.29, 1.82) is 0 Å². The molecule has 0 saturated heterocycles. The summed E-state index contributed by atoms with van der Waals surface area (Å²) in [6.45, 7) is 0.879. The van der Waals surface area contributed by atoms with Crippen molar-refractivity contribution in [2.45, 2.75) is 44.6 Å². The Balaban J connectivity index is 1.64. The molecule has 2 aromatic rings. The van der Waals surface area contributed by atoms with Crippen molar-refractivity contribution in [3.05, 3.63) is 53.7 Å². The molecule has 1 aliphatic carbocycles. The van der Waals surface area contributed by atoms with Crippen LogP contribution < -0.4 is 4.90 Å². The molecule has 1 fully saturated rings. The van der Waals surface area contributed by atoms with Gasteiger partial charge in [0, 0.05) is 31.5 Å². The lowest BCUT2D eigenvalue weighted by Crippen LogP contribution is -2.39. The van der Waals surface area contributed by atoms with Gasteiger partial charge in [-0.1, -0.05) is 37.5 Å². The van der Waals surface area contributed by atoms with Gasteiger partial charge >= 0.3 is 0 Å². The van der Waals surface area contributed by atoms with E-state index in [-0.39, 0.29) is 5.91 Å². The molecule has 0 bridgehead atoms. The molecule has 2 aliphatic rings. The van der Waals surface area contributed by atoms with Crippen molar-refractivity contribution in [1.82, 2.24) is 9.88 Å². The molecular formula is C21H25N3O. The molecule has 1 aromatic carbocycles. The minimum atomic E-state index is 0.0966. The number of aromatic nitrogens is 1. The molecule has 1 aliphatic heterocycles. The monoisotopic (exact) mass is 335 g/mol. The van der Waals surface area contributed by atoms with Crippen LogP contribution >= 0.6 is 0 Å². The van der Waals surface area contributed by atoms with Crippen LogP contribution in [0.2, 0.25) is 0 Å². The van der Waals surface area contributed by atoms with Gasteiger partial charge in [-0.05, 0) is 43.0 Å². The summed E-state index contributed by atoms with van der Waals surface area (Å²) in [5, 5.41) is 0. The van der Waals surface area contributed by atoms with E-state index in [1.54, 1.807) is 6.20 Å². The second-order valence-electron chi connectivity index (χ2n) is 7.11. The lowest BCUT2D eigenvalue weighted by Gasteiger charge is -2.32. The normalized spacial score (nSPS) is 17.4. The summed E-state index contributed by atoms with van der Waals surface area (Å²) in [5.74, 6) is 0.888. The number of benzene rings is 1. The Morgan fingerprint density at radius 1 is 1.12 bits per heavy atom. The number of para-hydroxylation sites is 1. The number of amides is 1. The number of pyridine rings is 1. The average Bonchev–Trinajstić information content (AvgIpc) is 3.11. The first-order chi connectivity index (χ1) is 12.3. The predicted molar refractivity (Wildman–Crippen MR) is 100 cm³/mol. The molecule has 0 unspecified atom stereocenters. The molecule has 2 heterocycles. The zero-order chi connectivity index (χ0) is 17.2. The number of anilines is 2. The van der Waals surface area contributed by atoms with Crippen LogP contribution in [0, 0.1) is 0 Å². The van der Waals surface area contributed by atoms with Gasteiger partial charge in [0.05, 0.1) is 5.56 Å². The third kappa shape index (κ3) is 3.01. The first kappa shape index (κ1) is 16.1. The van der Waals surface area contributed by atoms with Gasteiger partial charge in [0.1, 0.15) is 5.82 Å². The van der Waals surface area contributed by atoms with E-state index in [4.69, 9.17) is 0 Å². The van der Waals surface area contributed by atoms with Crippen LogP contribution in [0.4, 0.5) is 11.5 Å². The van der Waals surface area contributed by atoms with E-state index in [0.717, 1.165) is 31.6 Å². The average molecular weight is 335 g/mol. The smallest absolute Gasteiger partial charge is 0.257 e. The molecule has 4 nitrogen and oxygen atoms in total. The lowest BCUT2D eigenvalue weighted by molar-refractivity contribution is 0.0696. The van der Waals surface area contributed by atoms with E-state index in [1.807, 2.05) is 24.1 Å². The molecule has 4 heteroatoms. The van der Waals surface area contributed by atoms with Gasteiger partial charge < -0.3 is 9.80 Å². The number of nitrogens with zero attached hydrogens (tertiary/aromatic N) is 3. The number of hydrogen-bond donors (Lipinski definition) is 0.